The van der Waals surface area contributed by atoms with Crippen molar-refractivity contribution in [2.75, 3.05) is 24.0 Å². The summed E-state index contributed by atoms with van der Waals surface area (Å²) < 4.78 is 52.2. The van der Waals surface area contributed by atoms with Gasteiger partial charge in [-0.25, -0.2) is 12.8 Å². The monoisotopic (exact) mass is 504 g/mol. The molecule has 0 saturated carbocycles. The summed E-state index contributed by atoms with van der Waals surface area (Å²) in [7, 11) is -3.98. The fraction of sp³-hybridized carbons (Fsp3) is 0.208. The Labute approximate surface area is 202 Å². The second-order valence-electron chi connectivity index (χ2n) is 7.66. The fourth-order valence-corrected chi connectivity index (χ4v) is 5.05. The van der Waals surface area contributed by atoms with E-state index in [2.05, 4.69) is 5.32 Å². The number of rotatable bonds is 7. The highest BCUT2D eigenvalue weighted by Gasteiger charge is 2.37. The summed E-state index contributed by atoms with van der Waals surface area (Å²) in [5.41, 5.74) is 1.18. The number of anilines is 1. The van der Waals surface area contributed by atoms with Crippen molar-refractivity contribution < 1.29 is 27.1 Å². The smallest absolute Gasteiger partial charge is 0.264 e. The van der Waals surface area contributed by atoms with Crippen LogP contribution in [0.1, 0.15) is 5.56 Å². The van der Waals surface area contributed by atoms with Gasteiger partial charge in [0.05, 0.1) is 23.7 Å². The first-order valence-corrected chi connectivity index (χ1v) is 12.3. The van der Waals surface area contributed by atoms with E-state index >= 15 is 0 Å². The molecule has 0 spiro atoms. The number of benzene rings is 3. The van der Waals surface area contributed by atoms with E-state index in [4.69, 9.17) is 21.1 Å². The molecule has 34 heavy (non-hydrogen) atoms. The number of carbonyl (C=O) groups excluding carboxylic acids is 1. The van der Waals surface area contributed by atoms with Gasteiger partial charge in [0.15, 0.2) is 6.10 Å². The quantitative estimate of drug-likeness (QED) is 0.493. The Bertz CT molecular complexity index is 1280. The molecule has 0 unspecified atom stereocenters. The third kappa shape index (κ3) is 5.26. The SMILES string of the molecule is Cc1ccc(S(=O)(=O)N2C[C@@H](C(=O)NCCOc3ccc(F)cc3)Oc3ccc(Cl)cc32)cc1. The third-order valence-corrected chi connectivity index (χ3v) is 7.20. The molecule has 1 aliphatic heterocycles. The minimum atomic E-state index is -3.98. The van der Waals surface area contributed by atoms with Crippen molar-refractivity contribution in [1.29, 1.82) is 0 Å². The number of sulfonamides is 1. The zero-order valence-electron chi connectivity index (χ0n) is 18.2. The zero-order chi connectivity index (χ0) is 24.3. The molecule has 0 aliphatic carbocycles. The maximum atomic E-state index is 13.4. The van der Waals surface area contributed by atoms with Crippen molar-refractivity contribution in [2.24, 2.45) is 0 Å². The highest BCUT2D eigenvalue weighted by Crippen LogP contribution is 2.38. The number of amides is 1. The molecular formula is C24H22ClFN2O5S. The number of nitrogens with zero attached hydrogens (tertiary/aromatic N) is 1. The number of hydrogen-bond acceptors (Lipinski definition) is 5. The van der Waals surface area contributed by atoms with Crippen LogP contribution in [0.4, 0.5) is 10.1 Å². The van der Waals surface area contributed by atoms with Crippen molar-refractivity contribution in [2.45, 2.75) is 17.9 Å². The average Bonchev–Trinajstić information content (AvgIpc) is 2.82. The number of fused-ring (bicyclic) bond motifs is 1. The van der Waals surface area contributed by atoms with Crippen molar-refractivity contribution >= 4 is 33.2 Å². The molecule has 1 amide bonds. The Hall–Kier alpha value is -3.30. The Morgan fingerprint density at radius 1 is 1.15 bits per heavy atom. The maximum absolute atomic E-state index is 13.4. The predicted molar refractivity (Wildman–Crippen MR) is 126 cm³/mol. The van der Waals surface area contributed by atoms with Gasteiger partial charge in [0.25, 0.3) is 15.9 Å². The van der Waals surface area contributed by atoms with Crippen molar-refractivity contribution in [3.05, 3.63) is 83.1 Å². The second-order valence-corrected chi connectivity index (χ2v) is 9.96. The van der Waals surface area contributed by atoms with Crippen LogP contribution in [0.3, 0.4) is 0 Å². The molecule has 0 fully saturated rings. The topological polar surface area (TPSA) is 84.9 Å². The second kappa shape index (κ2) is 9.90. The molecule has 0 radical (unpaired) electrons. The van der Waals surface area contributed by atoms with Crippen molar-refractivity contribution in [1.82, 2.24) is 5.32 Å². The molecule has 1 N–H and O–H groups in total. The van der Waals surface area contributed by atoms with Crippen LogP contribution >= 0.6 is 11.6 Å². The molecule has 0 bridgehead atoms. The first kappa shape index (κ1) is 23.8. The van der Waals surface area contributed by atoms with Crippen LogP contribution in [0, 0.1) is 12.7 Å². The average molecular weight is 505 g/mol. The molecule has 0 aromatic heterocycles. The molecule has 3 aromatic carbocycles. The molecule has 0 saturated heterocycles. The molecule has 1 heterocycles. The summed E-state index contributed by atoms with van der Waals surface area (Å²) in [6, 6.07) is 16.6. The summed E-state index contributed by atoms with van der Waals surface area (Å²) >= 11 is 6.11. The summed E-state index contributed by atoms with van der Waals surface area (Å²) in [6.45, 7) is 1.92. The minimum absolute atomic E-state index is 0.0952. The Morgan fingerprint density at radius 2 is 1.85 bits per heavy atom. The van der Waals surface area contributed by atoms with E-state index in [0.29, 0.717) is 10.8 Å². The van der Waals surface area contributed by atoms with E-state index in [-0.39, 0.29) is 41.8 Å². The highest BCUT2D eigenvalue weighted by molar-refractivity contribution is 7.92. The highest BCUT2D eigenvalue weighted by atomic mass is 35.5. The lowest BCUT2D eigenvalue weighted by Gasteiger charge is -2.34. The lowest BCUT2D eigenvalue weighted by atomic mass is 10.2. The predicted octanol–water partition coefficient (Wildman–Crippen LogP) is 3.94. The summed E-state index contributed by atoms with van der Waals surface area (Å²) in [4.78, 5) is 12.9. The van der Waals surface area contributed by atoms with Gasteiger partial charge in [-0.2, -0.15) is 0 Å². The van der Waals surface area contributed by atoms with E-state index in [1.54, 1.807) is 18.2 Å². The van der Waals surface area contributed by atoms with Gasteiger partial charge in [-0.15, -0.1) is 0 Å². The maximum Gasteiger partial charge on any atom is 0.264 e. The Morgan fingerprint density at radius 3 is 2.56 bits per heavy atom. The molecule has 3 aromatic rings. The van der Waals surface area contributed by atoms with Crippen LogP contribution < -0.4 is 19.1 Å². The number of aryl methyl sites for hydroxylation is 1. The summed E-state index contributed by atoms with van der Waals surface area (Å²) in [5, 5.41) is 3.02. The van der Waals surface area contributed by atoms with Gasteiger partial charge in [-0.3, -0.25) is 9.10 Å². The van der Waals surface area contributed by atoms with Gasteiger partial charge in [0.2, 0.25) is 0 Å². The van der Waals surface area contributed by atoms with E-state index < -0.39 is 22.0 Å². The van der Waals surface area contributed by atoms with Gasteiger partial charge >= 0.3 is 0 Å². The molecule has 10 heteroatoms. The largest absolute Gasteiger partial charge is 0.492 e. The normalized spacial score (nSPS) is 15.3. The lowest BCUT2D eigenvalue weighted by molar-refractivity contribution is -0.127. The Kier molecular flexibility index (Phi) is 6.95. The standard InChI is InChI=1S/C24H22ClFN2O5S/c1-16-2-9-20(10-3-16)34(30,31)28-15-23(33-22-11-4-17(25)14-21(22)28)24(29)27-12-13-32-19-7-5-18(26)6-8-19/h2-11,14,23H,12-13,15H2,1H3,(H,27,29)/t23-/m0/s1. The van der Waals surface area contributed by atoms with E-state index in [0.717, 1.165) is 9.87 Å². The number of ether oxygens (including phenoxy) is 2. The molecule has 4 rings (SSSR count). The van der Waals surface area contributed by atoms with Crippen molar-refractivity contribution in [3.63, 3.8) is 0 Å². The number of hydrogen-bond donors (Lipinski definition) is 1. The van der Waals surface area contributed by atoms with Crippen LogP contribution in [0.25, 0.3) is 0 Å². The first-order chi connectivity index (χ1) is 16.2. The molecule has 1 atom stereocenters. The van der Waals surface area contributed by atoms with Crippen LogP contribution in [0.15, 0.2) is 71.6 Å². The number of carbonyl (C=O) groups is 1. The van der Waals surface area contributed by atoms with Gasteiger partial charge in [-0.05, 0) is 61.5 Å². The fourth-order valence-electron chi connectivity index (χ4n) is 3.41. The van der Waals surface area contributed by atoms with Gasteiger partial charge in [0.1, 0.15) is 23.9 Å². The van der Waals surface area contributed by atoms with Gasteiger partial charge in [-0.1, -0.05) is 29.3 Å². The van der Waals surface area contributed by atoms with E-state index in [1.165, 1.54) is 48.5 Å². The van der Waals surface area contributed by atoms with E-state index in [1.807, 2.05) is 6.92 Å². The van der Waals surface area contributed by atoms with Crippen LogP contribution in [0.2, 0.25) is 5.02 Å². The molecule has 178 valence electrons. The number of halogens is 2. The van der Waals surface area contributed by atoms with E-state index in [9.17, 15) is 17.6 Å². The van der Waals surface area contributed by atoms with Gasteiger partial charge in [0, 0.05) is 5.02 Å². The number of nitrogens with one attached hydrogen (secondary N) is 1. The molecule has 7 nitrogen and oxygen atoms in total. The zero-order valence-corrected chi connectivity index (χ0v) is 19.8. The van der Waals surface area contributed by atoms with Crippen LogP contribution in [-0.2, 0) is 14.8 Å². The minimum Gasteiger partial charge on any atom is -0.492 e. The molecular weight excluding hydrogens is 483 g/mol. The van der Waals surface area contributed by atoms with Crippen LogP contribution in [-0.4, -0.2) is 40.1 Å². The third-order valence-electron chi connectivity index (χ3n) is 5.18. The van der Waals surface area contributed by atoms with Crippen molar-refractivity contribution in [3.8, 4) is 11.5 Å². The van der Waals surface area contributed by atoms with Crippen LogP contribution in [0.5, 0.6) is 11.5 Å². The summed E-state index contributed by atoms with van der Waals surface area (Å²) in [6.07, 6.45) is -1.08. The molecule has 1 aliphatic rings. The Balaban J connectivity index is 1.49. The first-order valence-electron chi connectivity index (χ1n) is 10.5. The van der Waals surface area contributed by atoms with Gasteiger partial charge < -0.3 is 14.8 Å². The summed E-state index contributed by atoms with van der Waals surface area (Å²) in [5.74, 6) is -0.172. The lowest BCUT2D eigenvalue weighted by Crippen LogP contribution is -2.51.